The molecule has 2 aromatic rings. The average molecular weight is 437 g/mol. The standard InChI is InChI=1S/C24H28N4O4/c1-4-27-19-10-7-8-16(17(19)12-22(27)29)13-28-20-9-5-6-11-21(20)32-14-18(24(28)31)26-23(30)15(2)25-3/h5-11,15,18,25H,4,12-14H2,1-3H3,(H,26,30). The fraction of sp³-hybridized carbons (Fsp3) is 0.375. The maximum absolute atomic E-state index is 13.6. The number of amides is 3. The van der Waals surface area contributed by atoms with Crippen LogP contribution in [-0.2, 0) is 27.3 Å². The van der Waals surface area contributed by atoms with Crippen molar-refractivity contribution in [1.29, 1.82) is 0 Å². The Morgan fingerprint density at radius 1 is 1.12 bits per heavy atom. The van der Waals surface area contributed by atoms with E-state index in [1.807, 2.05) is 49.4 Å². The van der Waals surface area contributed by atoms with Crippen LogP contribution < -0.4 is 25.2 Å². The molecule has 168 valence electrons. The molecule has 0 spiro atoms. The van der Waals surface area contributed by atoms with Crippen molar-refractivity contribution in [2.24, 2.45) is 0 Å². The molecule has 4 rings (SSSR count). The average Bonchev–Trinajstić information content (AvgIpc) is 3.08. The van der Waals surface area contributed by atoms with Gasteiger partial charge in [0.05, 0.1) is 24.7 Å². The molecule has 2 aliphatic heterocycles. The molecule has 2 aliphatic rings. The number of carbonyl (C=O) groups excluding carboxylic acids is 3. The van der Waals surface area contributed by atoms with E-state index in [-0.39, 0.29) is 30.9 Å². The third-order valence-electron chi connectivity index (χ3n) is 6.08. The molecule has 0 aromatic heterocycles. The summed E-state index contributed by atoms with van der Waals surface area (Å²) in [6.07, 6.45) is 0.319. The molecule has 0 bridgehead atoms. The Morgan fingerprint density at radius 2 is 1.88 bits per heavy atom. The Balaban J connectivity index is 1.68. The van der Waals surface area contributed by atoms with Gasteiger partial charge >= 0.3 is 0 Å². The van der Waals surface area contributed by atoms with E-state index in [1.165, 1.54) is 0 Å². The van der Waals surface area contributed by atoms with Gasteiger partial charge in [0.25, 0.3) is 5.91 Å². The number of nitrogens with one attached hydrogen (secondary N) is 2. The van der Waals surface area contributed by atoms with E-state index >= 15 is 0 Å². The lowest BCUT2D eigenvalue weighted by Crippen LogP contribution is -2.53. The van der Waals surface area contributed by atoms with E-state index in [0.717, 1.165) is 16.8 Å². The monoisotopic (exact) mass is 436 g/mol. The Morgan fingerprint density at radius 3 is 2.62 bits per heavy atom. The molecule has 2 atom stereocenters. The van der Waals surface area contributed by atoms with Gasteiger partial charge < -0.3 is 25.2 Å². The number of hydrogen-bond donors (Lipinski definition) is 2. The summed E-state index contributed by atoms with van der Waals surface area (Å²) in [5.41, 5.74) is 3.39. The SMILES string of the molecule is CCN1C(=O)Cc2c(CN3C(=O)C(NC(=O)C(C)NC)COc4ccccc43)cccc21. The molecule has 3 amide bonds. The number of benzene rings is 2. The van der Waals surface area contributed by atoms with Crippen molar-refractivity contribution in [3.05, 3.63) is 53.6 Å². The van der Waals surface area contributed by atoms with Crippen molar-refractivity contribution in [3.63, 3.8) is 0 Å². The Kier molecular flexibility index (Phi) is 6.14. The van der Waals surface area contributed by atoms with Gasteiger partial charge in [0, 0.05) is 12.2 Å². The normalized spacial score (nSPS) is 18.5. The van der Waals surface area contributed by atoms with E-state index in [4.69, 9.17) is 4.74 Å². The van der Waals surface area contributed by atoms with Crippen molar-refractivity contribution in [3.8, 4) is 5.75 Å². The van der Waals surface area contributed by atoms with E-state index < -0.39 is 12.1 Å². The second-order valence-electron chi connectivity index (χ2n) is 8.00. The van der Waals surface area contributed by atoms with Gasteiger partial charge in [0.15, 0.2) is 0 Å². The van der Waals surface area contributed by atoms with Crippen LogP contribution in [0.3, 0.4) is 0 Å². The summed E-state index contributed by atoms with van der Waals surface area (Å²) in [4.78, 5) is 41.9. The molecule has 32 heavy (non-hydrogen) atoms. The number of hydrogen-bond acceptors (Lipinski definition) is 5. The summed E-state index contributed by atoms with van der Waals surface area (Å²) < 4.78 is 5.90. The van der Waals surface area contributed by atoms with Crippen LogP contribution in [0.4, 0.5) is 11.4 Å². The Labute approximate surface area is 187 Å². The van der Waals surface area contributed by atoms with Crippen LogP contribution in [-0.4, -0.2) is 50.0 Å². The summed E-state index contributed by atoms with van der Waals surface area (Å²) in [5.74, 6) is 0.121. The fourth-order valence-corrected chi connectivity index (χ4v) is 4.17. The van der Waals surface area contributed by atoms with Crippen LogP contribution >= 0.6 is 0 Å². The topological polar surface area (TPSA) is 91.0 Å². The minimum absolute atomic E-state index is 0.0452. The summed E-state index contributed by atoms with van der Waals surface area (Å²) in [7, 11) is 1.69. The predicted molar refractivity (Wildman–Crippen MR) is 122 cm³/mol. The van der Waals surface area contributed by atoms with Crippen molar-refractivity contribution < 1.29 is 19.1 Å². The van der Waals surface area contributed by atoms with Crippen LogP contribution in [0.5, 0.6) is 5.75 Å². The van der Waals surface area contributed by atoms with Gasteiger partial charge in [-0.05, 0) is 50.2 Å². The second kappa shape index (κ2) is 9.00. The number of ether oxygens (including phenoxy) is 1. The van der Waals surface area contributed by atoms with Gasteiger partial charge in [-0.1, -0.05) is 24.3 Å². The van der Waals surface area contributed by atoms with Gasteiger partial charge in [-0.15, -0.1) is 0 Å². The minimum atomic E-state index is -0.823. The van der Waals surface area contributed by atoms with Crippen LogP contribution in [0.15, 0.2) is 42.5 Å². The fourth-order valence-electron chi connectivity index (χ4n) is 4.17. The summed E-state index contributed by atoms with van der Waals surface area (Å²) in [6, 6.07) is 11.9. The van der Waals surface area contributed by atoms with Crippen molar-refractivity contribution in [2.45, 2.75) is 38.9 Å². The second-order valence-corrected chi connectivity index (χ2v) is 8.00. The lowest BCUT2D eigenvalue weighted by atomic mass is 10.0. The van der Waals surface area contributed by atoms with E-state index in [0.29, 0.717) is 24.4 Å². The Bertz CT molecular complexity index is 1050. The number of likely N-dealkylation sites (N-methyl/N-ethyl adjacent to an activating group) is 2. The van der Waals surface area contributed by atoms with Crippen LogP contribution in [0, 0.1) is 0 Å². The van der Waals surface area contributed by atoms with Crippen LogP contribution in [0.1, 0.15) is 25.0 Å². The number of rotatable bonds is 6. The lowest BCUT2D eigenvalue weighted by molar-refractivity contribution is -0.129. The molecule has 0 fully saturated rings. The lowest BCUT2D eigenvalue weighted by Gasteiger charge is -2.26. The number of nitrogens with zero attached hydrogens (tertiary/aromatic N) is 2. The number of carbonyl (C=O) groups is 3. The first kappa shape index (κ1) is 21.8. The molecule has 0 aliphatic carbocycles. The highest BCUT2D eigenvalue weighted by Crippen LogP contribution is 2.36. The molecule has 2 unspecified atom stereocenters. The highest BCUT2D eigenvalue weighted by molar-refractivity contribution is 6.03. The van der Waals surface area contributed by atoms with Crippen molar-refractivity contribution in [2.75, 3.05) is 30.0 Å². The van der Waals surface area contributed by atoms with E-state index in [1.54, 1.807) is 23.8 Å². The molecular weight excluding hydrogens is 408 g/mol. The van der Waals surface area contributed by atoms with Gasteiger partial charge in [-0.2, -0.15) is 0 Å². The van der Waals surface area contributed by atoms with Crippen LogP contribution in [0.2, 0.25) is 0 Å². The predicted octanol–water partition coefficient (Wildman–Crippen LogP) is 1.61. The zero-order valence-electron chi connectivity index (χ0n) is 18.6. The quantitative estimate of drug-likeness (QED) is 0.718. The molecular formula is C24H28N4O4. The van der Waals surface area contributed by atoms with Gasteiger partial charge in [-0.3, -0.25) is 14.4 Å². The molecule has 8 heteroatoms. The van der Waals surface area contributed by atoms with E-state index in [9.17, 15) is 14.4 Å². The van der Waals surface area contributed by atoms with Gasteiger partial charge in [0.1, 0.15) is 18.4 Å². The minimum Gasteiger partial charge on any atom is -0.489 e. The molecule has 0 radical (unpaired) electrons. The highest BCUT2D eigenvalue weighted by atomic mass is 16.5. The van der Waals surface area contributed by atoms with Crippen molar-refractivity contribution >= 4 is 29.1 Å². The summed E-state index contributed by atoms with van der Waals surface area (Å²) >= 11 is 0. The first-order valence-corrected chi connectivity index (χ1v) is 10.9. The maximum Gasteiger partial charge on any atom is 0.253 e. The molecule has 0 saturated carbocycles. The first-order chi connectivity index (χ1) is 15.4. The smallest absolute Gasteiger partial charge is 0.253 e. The highest BCUT2D eigenvalue weighted by Gasteiger charge is 2.35. The summed E-state index contributed by atoms with van der Waals surface area (Å²) in [6.45, 7) is 4.61. The molecule has 8 nitrogen and oxygen atoms in total. The van der Waals surface area contributed by atoms with Gasteiger partial charge in [-0.25, -0.2) is 0 Å². The zero-order chi connectivity index (χ0) is 22.8. The third kappa shape index (κ3) is 3.93. The first-order valence-electron chi connectivity index (χ1n) is 10.9. The molecule has 0 saturated heterocycles. The molecule has 2 aromatic carbocycles. The van der Waals surface area contributed by atoms with E-state index in [2.05, 4.69) is 10.6 Å². The van der Waals surface area contributed by atoms with Crippen LogP contribution in [0.25, 0.3) is 0 Å². The Hall–Kier alpha value is -3.39. The molecule has 2 N–H and O–H groups in total. The number of fused-ring (bicyclic) bond motifs is 2. The largest absolute Gasteiger partial charge is 0.489 e. The van der Waals surface area contributed by atoms with Crippen molar-refractivity contribution in [1.82, 2.24) is 10.6 Å². The zero-order valence-corrected chi connectivity index (χ0v) is 18.6. The molecule has 2 heterocycles. The number of anilines is 2. The van der Waals surface area contributed by atoms with Gasteiger partial charge in [0.2, 0.25) is 11.8 Å². The maximum atomic E-state index is 13.6. The summed E-state index contributed by atoms with van der Waals surface area (Å²) in [5, 5.41) is 5.69. The number of para-hydroxylation sites is 2. The third-order valence-corrected chi connectivity index (χ3v) is 6.08.